The topological polar surface area (TPSA) is 30.5 Å². The Hall–Kier alpha value is -0.120. The van der Waals surface area contributed by atoms with Crippen LogP contribution in [-0.4, -0.2) is 31.6 Å². The van der Waals surface area contributed by atoms with Gasteiger partial charge in [0.25, 0.3) is 0 Å². The fourth-order valence-electron chi connectivity index (χ4n) is 0.927. The molecule has 0 aromatic heterocycles. The van der Waals surface area contributed by atoms with Crippen LogP contribution in [0.25, 0.3) is 0 Å². The predicted octanol–water partition coefficient (Wildman–Crippen LogP) is 1.77. The molecule has 3 heteroatoms. The van der Waals surface area contributed by atoms with Crippen molar-refractivity contribution in [1.29, 1.82) is 0 Å². The van der Waals surface area contributed by atoms with Gasteiger partial charge < -0.3 is 14.8 Å². The Morgan fingerprint density at radius 1 is 1.08 bits per heavy atom. The molecule has 0 spiro atoms. The number of rotatable bonds is 6. The summed E-state index contributed by atoms with van der Waals surface area (Å²) in [7, 11) is 0. The molecule has 0 fully saturated rings. The van der Waals surface area contributed by atoms with Crippen LogP contribution >= 0.6 is 0 Å². The van der Waals surface area contributed by atoms with Crippen molar-refractivity contribution in [3.05, 3.63) is 0 Å². The molecule has 0 bridgehead atoms. The third-order valence-electron chi connectivity index (χ3n) is 1.50. The van der Waals surface area contributed by atoms with E-state index in [1.54, 1.807) is 0 Å². The third kappa shape index (κ3) is 8.22. The van der Waals surface area contributed by atoms with Crippen molar-refractivity contribution >= 4 is 0 Å². The highest BCUT2D eigenvalue weighted by Gasteiger charge is 2.13. The van der Waals surface area contributed by atoms with E-state index in [1.165, 1.54) is 0 Å². The first-order valence-electron chi connectivity index (χ1n) is 4.97. The summed E-state index contributed by atoms with van der Waals surface area (Å²) in [5, 5.41) is 3.34. The molecule has 0 atom stereocenters. The lowest BCUT2D eigenvalue weighted by atomic mass is 10.1. The maximum Gasteiger partial charge on any atom is 0.169 e. The molecule has 1 N–H and O–H groups in total. The maximum atomic E-state index is 5.39. The normalized spacial score (nSPS) is 12.5. The van der Waals surface area contributed by atoms with Gasteiger partial charge in [-0.1, -0.05) is 0 Å². The van der Waals surface area contributed by atoms with Gasteiger partial charge in [-0.2, -0.15) is 0 Å². The Bertz CT molecular complexity index is 115. The van der Waals surface area contributed by atoms with Gasteiger partial charge in [0, 0.05) is 25.3 Å². The number of ether oxygens (including phenoxy) is 2. The van der Waals surface area contributed by atoms with Crippen LogP contribution in [0, 0.1) is 0 Å². The largest absolute Gasteiger partial charge is 0.352 e. The molecule has 0 aromatic carbocycles. The van der Waals surface area contributed by atoms with Crippen LogP contribution in [0.1, 0.15) is 34.6 Å². The summed E-state index contributed by atoms with van der Waals surface area (Å²) >= 11 is 0. The lowest BCUT2D eigenvalue weighted by molar-refractivity contribution is -0.134. The summed E-state index contributed by atoms with van der Waals surface area (Å²) in [6.45, 7) is 12.5. The van der Waals surface area contributed by atoms with E-state index in [1.807, 2.05) is 13.8 Å². The first-order valence-corrected chi connectivity index (χ1v) is 4.97. The molecule has 0 unspecified atom stereocenters. The van der Waals surface area contributed by atoms with E-state index in [2.05, 4.69) is 26.1 Å². The summed E-state index contributed by atoms with van der Waals surface area (Å²) in [5.74, 6) is 0. The molecular formula is C10H23NO2. The SMILES string of the molecule is CCOC(CNC(C)(C)C)OCC. The van der Waals surface area contributed by atoms with Gasteiger partial charge in [-0.05, 0) is 34.6 Å². The Kier molecular flexibility index (Phi) is 6.29. The van der Waals surface area contributed by atoms with E-state index in [-0.39, 0.29) is 11.8 Å². The molecule has 0 amide bonds. The second kappa shape index (κ2) is 6.35. The lowest BCUT2D eigenvalue weighted by Gasteiger charge is -2.24. The Labute approximate surface area is 81.8 Å². The molecule has 0 saturated carbocycles. The third-order valence-corrected chi connectivity index (χ3v) is 1.50. The minimum Gasteiger partial charge on any atom is -0.352 e. The Morgan fingerprint density at radius 3 is 1.85 bits per heavy atom. The Morgan fingerprint density at radius 2 is 1.54 bits per heavy atom. The minimum absolute atomic E-state index is 0.116. The van der Waals surface area contributed by atoms with Crippen molar-refractivity contribution in [2.24, 2.45) is 0 Å². The van der Waals surface area contributed by atoms with Crippen molar-refractivity contribution < 1.29 is 9.47 Å². The lowest BCUT2D eigenvalue weighted by Crippen LogP contribution is -2.42. The summed E-state index contributed by atoms with van der Waals surface area (Å²) < 4.78 is 10.8. The fraction of sp³-hybridized carbons (Fsp3) is 1.00. The molecule has 0 aliphatic carbocycles. The van der Waals surface area contributed by atoms with Crippen LogP contribution in [0.2, 0.25) is 0 Å². The van der Waals surface area contributed by atoms with Gasteiger partial charge in [-0.15, -0.1) is 0 Å². The first kappa shape index (κ1) is 12.9. The molecule has 80 valence electrons. The zero-order valence-electron chi connectivity index (χ0n) is 9.52. The van der Waals surface area contributed by atoms with Gasteiger partial charge in [0.2, 0.25) is 0 Å². The molecule has 0 aliphatic rings. The van der Waals surface area contributed by atoms with Crippen LogP contribution in [0.4, 0.5) is 0 Å². The second-order valence-corrected chi connectivity index (χ2v) is 3.97. The highest BCUT2D eigenvalue weighted by atomic mass is 16.7. The maximum absolute atomic E-state index is 5.39. The Balaban J connectivity index is 3.68. The van der Waals surface area contributed by atoms with Gasteiger partial charge in [0.05, 0.1) is 0 Å². The summed E-state index contributed by atoms with van der Waals surface area (Å²) in [6, 6.07) is 0. The zero-order valence-corrected chi connectivity index (χ0v) is 9.52. The molecule has 3 nitrogen and oxygen atoms in total. The number of nitrogens with one attached hydrogen (secondary N) is 1. The number of hydrogen-bond donors (Lipinski definition) is 1. The molecule has 0 saturated heterocycles. The van der Waals surface area contributed by atoms with Gasteiger partial charge in [0.15, 0.2) is 6.29 Å². The predicted molar refractivity (Wildman–Crippen MR) is 54.8 cm³/mol. The fourth-order valence-corrected chi connectivity index (χ4v) is 0.927. The average molecular weight is 189 g/mol. The van der Waals surface area contributed by atoms with E-state index in [4.69, 9.17) is 9.47 Å². The van der Waals surface area contributed by atoms with Crippen molar-refractivity contribution in [2.75, 3.05) is 19.8 Å². The molecule has 0 aromatic rings. The van der Waals surface area contributed by atoms with Crippen LogP contribution in [0.5, 0.6) is 0 Å². The minimum atomic E-state index is -0.116. The highest BCUT2D eigenvalue weighted by Crippen LogP contribution is 2.01. The van der Waals surface area contributed by atoms with E-state index in [0.717, 1.165) is 6.54 Å². The van der Waals surface area contributed by atoms with Crippen molar-refractivity contribution in [3.63, 3.8) is 0 Å². The van der Waals surface area contributed by atoms with Crippen molar-refractivity contribution in [3.8, 4) is 0 Å². The van der Waals surface area contributed by atoms with E-state index < -0.39 is 0 Å². The van der Waals surface area contributed by atoms with E-state index in [9.17, 15) is 0 Å². The molecule has 0 heterocycles. The molecule has 13 heavy (non-hydrogen) atoms. The molecule has 0 rings (SSSR count). The van der Waals surface area contributed by atoms with E-state index in [0.29, 0.717) is 13.2 Å². The van der Waals surface area contributed by atoms with Crippen LogP contribution in [0.3, 0.4) is 0 Å². The van der Waals surface area contributed by atoms with Gasteiger partial charge in [-0.25, -0.2) is 0 Å². The van der Waals surface area contributed by atoms with Crippen LogP contribution in [-0.2, 0) is 9.47 Å². The highest BCUT2D eigenvalue weighted by molar-refractivity contribution is 4.70. The summed E-state index contributed by atoms with van der Waals surface area (Å²) in [6.07, 6.45) is -0.116. The first-order chi connectivity index (χ1) is 5.99. The standard InChI is InChI=1S/C10H23NO2/c1-6-12-9(13-7-2)8-11-10(3,4)5/h9,11H,6-8H2,1-5H3. The molecular weight excluding hydrogens is 166 g/mol. The summed E-state index contributed by atoms with van der Waals surface area (Å²) in [5.41, 5.74) is 0.118. The monoisotopic (exact) mass is 189 g/mol. The van der Waals surface area contributed by atoms with Crippen molar-refractivity contribution in [2.45, 2.75) is 46.4 Å². The summed E-state index contributed by atoms with van der Waals surface area (Å²) in [4.78, 5) is 0. The van der Waals surface area contributed by atoms with Crippen LogP contribution < -0.4 is 5.32 Å². The zero-order chi connectivity index (χ0) is 10.3. The quantitative estimate of drug-likeness (QED) is 0.646. The van der Waals surface area contributed by atoms with E-state index >= 15 is 0 Å². The smallest absolute Gasteiger partial charge is 0.169 e. The van der Waals surface area contributed by atoms with Crippen LogP contribution in [0.15, 0.2) is 0 Å². The average Bonchev–Trinajstić information content (AvgIpc) is 2.00. The molecule has 0 radical (unpaired) electrons. The number of hydrogen-bond acceptors (Lipinski definition) is 3. The van der Waals surface area contributed by atoms with Crippen molar-refractivity contribution in [1.82, 2.24) is 5.32 Å². The van der Waals surface area contributed by atoms with Gasteiger partial charge in [-0.3, -0.25) is 0 Å². The second-order valence-electron chi connectivity index (χ2n) is 3.97. The van der Waals surface area contributed by atoms with Gasteiger partial charge in [0.1, 0.15) is 0 Å². The van der Waals surface area contributed by atoms with Gasteiger partial charge >= 0.3 is 0 Å². The molecule has 0 aliphatic heterocycles.